The van der Waals surface area contributed by atoms with E-state index in [1.165, 1.54) is 44.5 Å². The Kier molecular flexibility index (Phi) is 3.40. The third kappa shape index (κ3) is 2.76. The van der Waals surface area contributed by atoms with Crippen LogP contribution in [0.3, 0.4) is 0 Å². The first-order valence-electron chi connectivity index (χ1n) is 7.26. The fourth-order valence-corrected chi connectivity index (χ4v) is 3.05. The Morgan fingerprint density at radius 1 is 1.28 bits per heavy atom. The van der Waals surface area contributed by atoms with Crippen LogP contribution >= 0.6 is 0 Å². The number of nitrogens with one attached hydrogen (secondary N) is 1. The molecule has 1 N–H and O–H groups in total. The van der Waals surface area contributed by atoms with Gasteiger partial charge in [0.05, 0.1) is 0 Å². The minimum atomic E-state index is 0.626. The van der Waals surface area contributed by atoms with Gasteiger partial charge in [-0.1, -0.05) is 30.3 Å². The van der Waals surface area contributed by atoms with Gasteiger partial charge < -0.3 is 5.32 Å². The molecule has 98 valence electrons. The first-order chi connectivity index (χ1) is 8.77. The predicted octanol–water partition coefficient (Wildman–Crippen LogP) is 2.30. The molecule has 1 heterocycles. The van der Waals surface area contributed by atoms with Gasteiger partial charge in [-0.2, -0.15) is 0 Å². The van der Waals surface area contributed by atoms with E-state index in [4.69, 9.17) is 0 Å². The van der Waals surface area contributed by atoms with Crippen LogP contribution in [0, 0.1) is 5.41 Å². The maximum Gasteiger partial charge on any atom is 0.0192 e. The van der Waals surface area contributed by atoms with Crippen LogP contribution in [0.2, 0.25) is 0 Å². The monoisotopic (exact) mass is 244 g/mol. The average Bonchev–Trinajstić information content (AvgIpc) is 3.17. The van der Waals surface area contributed by atoms with Crippen molar-refractivity contribution in [3.05, 3.63) is 35.9 Å². The van der Waals surface area contributed by atoms with E-state index in [1.807, 2.05) is 0 Å². The summed E-state index contributed by atoms with van der Waals surface area (Å²) in [5.41, 5.74) is 2.09. The standard InChI is InChI=1S/C16H24N2/c1-14-11-17-12-16(8-9-16)13-18(14)10-7-15-5-3-2-4-6-15/h2-6,14,17H,7-13H2,1H3. The van der Waals surface area contributed by atoms with Crippen molar-refractivity contribution < 1.29 is 0 Å². The van der Waals surface area contributed by atoms with Gasteiger partial charge in [-0.3, -0.25) is 4.90 Å². The molecule has 1 aromatic carbocycles. The lowest BCUT2D eigenvalue weighted by Crippen LogP contribution is -2.39. The van der Waals surface area contributed by atoms with Crippen LogP contribution in [0.15, 0.2) is 30.3 Å². The van der Waals surface area contributed by atoms with Crippen LogP contribution in [0.25, 0.3) is 0 Å². The van der Waals surface area contributed by atoms with Gasteiger partial charge in [-0.25, -0.2) is 0 Å². The van der Waals surface area contributed by atoms with Crippen molar-refractivity contribution in [3.8, 4) is 0 Å². The van der Waals surface area contributed by atoms with E-state index in [9.17, 15) is 0 Å². The zero-order valence-electron chi connectivity index (χ0n) is 11.4. The van der Waals surface area contributed by atoms with Gasteiger partial charge in [0.1, 0.15) is 0 Å². The van der Waals surface area contributed by atoms with E-state index in [0.717, 1.165) is 6.54 Å². The molecule has 2 heteroatoms. The second-order valence-electron chi connectivity index (χ2n) is 6.19. The summed E-state index contributed by atoms with van der Waals surface area (Å²) < 4.78 is 0. The van der Waals surface area contributed by atoms with Crippen molar-refractivity contribution in [1.82, 2.24) is 10.2 Å². The van der Waals surface area contributed by atoms with Gasteiger partial charge in [-0.15, -0.1) is 0 Å². The summed E-state index contributed by atoms with van der Waals surface area (Å²) in [6, 6.07) is 11.5. The Balaban J connectivity index is 1.60. The summed E-state index contributed by atoms with van der Waals surface area (Å²) in [4.78, 5) is 2.69. The number of nitrogens with zero attached hydrogens (tertiary/aromatic N) is 1. The van der Waals surface area contributed by atoms with Crippen molar-refractivity contribution in [2.75, 3.05) is 26.2 Å². The first kappa shape index (κ1) is 12.2. The van der Waals surface area contributed by atoms with E-state index in [2.05, 4.69) is 47.5 Å². The van der Waals surface area contributed by atoms with E-state index in [-0.39, 0.29) is 0 Å². The summed E-state index contributed by atoms with van der Waals surface area (Å²) >= 11 is 0. The summed E-state index contributed by atoms with van der Waals surface area (Å²) in [6.07, 6.45) is 4.03. The number of benzene rings is 1. The summed E-state index contributed by atoms with van der Waals surface area (Å²) in [7, 11) is 0. The fraction of sp³-hybridized carbons (Fsp3) is 0.625. The Labute approximate surface area is 110 Å². The molecular formula is C16H24N2. The smallest absolute Gasteiger partial charge is 0.0192 e. The molecule has 2 fully saturated rings. The number of hydrogen-bond donors (Lipinski definition) is 1. The normalized spacial score (nSPS) is 27.1. The van der Waals surface area contributed by atoms with Crippen LogP contribution in [0.1, 0.15) is 25.3 Å². The van der Waals surface area contributed by atoms with Crippen LogP contribution in [-0.2, 0) is 6.42 Å². The van der Waals surface area contributed by atoms with Crippen molar-refractivity contribution in [2.24, 2.45) is 5.41 Å². The summed E-state index contributed by atoms with van der Waals surface area (Å²) in [6.45, 7) is 7.25. The maximum absolute atomic E-state index is 3.64. The van der Waals surface area contributed by atoms with Gasteiger partial charge in [0.25, 0.3) is 0 Å². The summed E-state index contributed by atoms with van der Waals surface area (Å²) in [5.74, 6) is 0. The molecule has 3 rings (SSSR count). The molecule has 1 spiro atoms. The molecule has 1 aromatic rings. The van der Waals surface area contributed by atoms with Gasteiger partial charge in [0.15, 0.2) is 0 Å². The van der Waals surface area contributed by atoms with Crippen molar-refractivity contribution in [1.29, 1.82) is 0 Å². The minimum absolute atomic E-state index is 0.626. The van der Waals surface area contributed by atoms with E-state index in [1.54, 1.807) is 0 Å². The lowest BCUT2D eigenvalue weighted by Gasteiger charge is -2.28. The van der Waals surface area contributed by atoms with Crippen molar-refractivity contribution >= 4 is 0 Å². The molecule has 0 amide bonds. The molecule has 1 aliphatic carbocycles. The quantitative estimate of drug-likeness (QED) is 0.877. The van der Waals surface area contributed by atoms with E-state index in [0.29, 0.717) is 11.5 Å². The SMILES string of the molecule is CC1CNCC2(CC2)CN1CCc1ccccc1. The Morgan fingerprint density at radius 3 is 2.78 bits per heavy atom. The van der Waals surface area contributed by atoms with Crippen LogP contribution < -0.4 is 5.32 Å². The van der Waals surface area contributed by atoms with E-state index < -0.39 is 0 Å². The highest BCUT2D eigenvalue weighted by Gasteiger charge is 2.45. The fourth-order valence-electron chi connectivity index (χ4n) is 3.05. The molecule has 1 saturated carbocycles. The Hall–Kier alpha value is -0.860. The molecule has 1 unspecified atom stereocenters. The van der Waals surface area contributed by atoms with Crippen LogP contribution in [0.4, 0.5) is 0 Å². The molecule has 0 aromatic heterocycles. The number of hydrogen-bond acceptors (Lipinski definition) is 2. The predicted molar refractivity (Wildman–Crippen MR) is 75.7 cm³/mol. The highest BCUT2D eigenvalue weighted by atomic mass is 15.2. The van der Waals surface area contributed by atoms with E-state index >= 15 is 0 Å². The lowest BCUT2D eigenvalue weighted by molar-refractivity contribution is 0.195. The molecule has 18 heavy (non-hydrogen) atoms. The third-order valence-electron chi connectivity index (χ3n) is 4.59. The molecule has 1 saturated heterocycles. The van der Waals surface area contributed by atoms with Crippen molar-refractivity contribution in [2.45, 2.75) is 32.2 Å². The largest absolute Gasteiger partial charge is 0.315 e. The zero-order chi connectivity index (χ0) is 12.4. The molecule has 2 nitrogen and oxygen atoms in total. The van der Waals surface area contributed by atoms with Crippen molar-refractivity contribution in [3.63, 3.8) is 0 Å². The summed E-state index contributed by atoms with van der Waals surface area (Å²) in [5, 5.41) is 3.64. The topological polar surface area (TPSA) is 15.3 Å². The zero-order valence-corrected chi connectivity index (χ0v) is 11.4. The molecule has 1 aliphatic heterocycles. The highest BCUT2D eigenvalue weighted by molar-refractivity contribution is 5.15. The average molecular weight is 244 g/mol. The van der Waals surface area contributed by atoms with Gasteiger partial charge >= 0.3 is 0 Å². The molecule has 0 bridgehead atoms. The second-order valence-corrected chi connectivity index (χ2v) is 6.19. The third-order valence-corrected chi connectivity index (χ3v) is 4.59. The number of rotatable bonds is 3. The first-order valence-corrected chi connectivity index (χ1v) is 7.26. The maximum atomic E-state index is 3.64. The van der Waals surface area contributed by atoms with Gasteiger partial charge in [0, 0.05) is 32.2 Å². The molecule has 2 aliphatic rings. The molecule has 0 radical (unpaired) electrons. The van der Waals surface area contributed by atoms with Crippen LogP contribution in [-0.4, -0.2) is 37.1 Å². The molecule has 1 atom stereocenters. The molecular weight excluding hydrogens is 220 g/mol. The lowest BCUT2D eigenvalue weighted by atomic mass is 10.1. The Bertz CT molecular complexity index is 383. The Morgan fingerprint density at radius 2 is 2.06 bits per heavy atom. The minimum Gasteiger partial charge on any atom is -0.315 e. The van der Waals surface area contributed by atoms with Crippen LogP contribution in [0.5, 0.6) is 0 Å². The van der Waals surface area contributed by atoms with Gasteiger partial charge in [-0.05, 0) is 37.2 Å². The van der Waals surface area contributed by atoms with Gasteiger partial charge in [0.2, 0.25) is 0 Å². The second kappa shape index (κ2) is 5.02. The highest BCUT2D eigenvalue weighted by Crippen LogP contribution is 2.46.